The lowest BCUT2D eigenvalue weighted by Crippen LogP contribution is -2.27. The second-order valence-corrected chi connectivity index (χ2v) is 7.26. The predicted octanol–water partition coefficient (Wildman–Crippen LogP) is 3.26. The molecule has 1 aliphatic heterocycles. The van der Waals surface area contributed by atoms with Crippen LogP contribution in [0, 0.1) is 27.2 Å². The summed E-state index contributed by atoms with van der Waals surface area (Å²) >= 11 is 0.934. The maximum Gasteiger partial charge on any atom is 0.289 e. The van der Waals surface area contributed by atoms with E-state index < -0.39 is 27.1 Å². The minimum Gasteiger partial charge on any atom is -0.322 e. The van der Waals surface area contributed by atoms with E-state index in [4.69, 9.17) is 0 Å². The first-order chi connectivity index (χ1) is 14.2. The zero-order valence-electron chi connectivity index (χ0n) is 15.5. The maximum atomic E-state index is 12.6. The van der Waals surface area contributed by atoms with Crippen molar-refractivity contribution in [3.63, 3.8) is 0 Å². The van der Waals surface area contributed by atoms with Crippen LogP contribution in [-0.2, 0) is 11.3 Å². The van der Waals surface area contributed by atoms with Crippen molar-refractivity contribution in [3.05, 3.63) is 73.3 Å². The molecule has 2 aromatic carbocycles. The lowest BCUT2D eigenvalue weighted by Gasteiger charge is -2.13. The molecule has 0 spiro atoms. The van der Waals surface area contributed by atoms with Crippen LogP contribution in [-0.4, -0.2) is 37.6 Å². The van der Waals surface area contributed by atoms with Gasteiger partial charge in [-0.15, -0.1) is 0 Å². The van der Waals surface area contributed by atoms with Crippen LogP contribution in [0.4, 0.5) is 21.9 Å². The average molecular weight is 430 g/mol. The number of hydrogen-bond donors (Lipinski definition) is 1. The largest absolute Gasteiger partial charge is 0.322 e. The molecule has 1 saturated heterocycles. The molecule has 0 bridgehead atoms. The molecule has 3 rings (SSSR count). The van der Waals surface area contributed by atoms with E-state index in [1.54, 1.807) is 12.1 Å². The zero-order chi connectivity index (χ0) is 22.0. The monoisotopic (exact) mass is 430 g/mol. The zero-order valence-corrected chi connectivity index (χ0v) is 16.3. The van der Waals surface area contributed by atoms with E-state index in [0.717, 1.165) is 28.8 Å². The standard InChI is InChI=1S/C18H14N4O7S/c1-10-14(6-13(21(26)27)7-15(10)22(28)29)17(24)19-12-4-2-11(3-5-12)8-20-16(23)9-30-18(20)25/h2-7H,8-9H2,1H3,(H,19,24). The molecule has 3 amide bonds. The first kappa shape index (κ1) is 20.9. The van der Waals surface area contributed by atoms with Gasteiger partial charge in [0.2, 0.25) is 5.91 Å². The Bertz CT molecular complexity index is 1070. The van der Waals surface area contributed by atoms with Crippen molar-refractivity contribution in [2.45, 2.75) is 13.5 Å². The number of nitro groups is 2. The van der Waals surface area contributed by atoms with Crippen molar-refractivity contribution >= 4 is 45.9 Å². The number of nitrogens with one attached hydrogen (secondary N) is 1. The fraction of sp³-hybridized carbons (Fsp3) is 0.167. The number of nitro benzene ring substituents is 2. The number of nitrogens with zero attached hydrogens (tertiary/aromatic N) is 3. The van der Waals surface area contributed by atoms with Gasteiger partial charge in [0.05, 0.1) is 33.8 Å². The Morgan fingerprint density at radius 1 is 1.13 bits per heavy atom. The molecule has 30 heavy (non-hydrogen) atoms. The number of anilines is 1. The Morgan fingerprint density at radius 2 is 1.80 bits per heavy atom. The highest BCUT2D eigenvalue weighted by Gasteiger charge is 2.29. The highest BCUT2D eigenvalue weighted by Crippen LogP contribution is 2.29. The van der Waals surface area contributed by atoms with Gasteiger partial charge in [0.15, 0.2) is 0 Å². The molecule has 0 aliphatic carbocycles. The Morgan fingerprint density at radius 3 is 2.33 bits per heavy atom. The molecule has 1 aliphatic rings. The fourth-order valence-electron chi connectivity index (χ4n) is 2.82. The summed E-state index contributed by atoms with van der Waals surface area (Å²) in [5.74, 6) is -0.903. The van der Waals surface area contributed by atoms with Gasteiger partial charge in [-0.25, -0.2) is 0 Å². The molecule has 11 nitrogen and oxygen atoms in total. The number of amides is 3. The molecule has 0 aromatic heterocycles. The first-order valence-electron chi connectivity index (χ1n) is 8.48. The van der Waals surface area contributed by atoms with Crippen LogP contribution in [0.3, 0.4) is 0 Å². The van der Waals surface area contributed by atoms with Crippen LogP contribution < -0.4 is 5.32 Å². The molecular weight excluding hydrogens is 416 g/mol. The Labute approximate surface area is 173 Å². The number of carbonyl (C=O) groups is 3. The second-order valence-electron chi connectivity index (χ2n) is 6.34. The van der Waals surface area contributed by atoms with E-state index >= 15 is 0 Å². The summed E-state index contributed by atoms with van der Waals surface area (Å²) < 4.78 is 0. The molecular formula is C18H14N4O7S. The SMILES string of the molecule is Cc1c(C(=O)Nc2ccc(CN3C(=O)CSC3=O)cc2)cc([N+](=O)[O-])cc1[N+](=O)[O-]. The molecule has 0 unspecified atom stereocenters. The molecule has 1 fully saturated rings. The smallest absolute Gasteiger partial charge is 0.289 e. The highest BCUT2D eigenvalue weighted by molar-refractivity contribution is 8.14. The number of imide groups is 1. The Kier molecular flexibility index (Phi) is 5.78. The van der Waals surface area contributed by atoms with Crippen molar-refractivity contribution in [1.82, 2.24) is 4.90 Å². The van der Waals surface area contributed by atoms with Crippen LogP contribution in [0.5, 0.6) is 0 Å². The minimum atomic E-state index is -0.808. The summed E-state index contributed by atoms with van der Waals surface area (Å²) in [7, 11) is 0. The van der Waals surface area contributed by atoms with Gasteiger partial charge < -0.3 is 5.32 Å². The van der Waals surface area contributed by atoms with E-state index in [-0.39, 0.29) is 34.6 Å². The third kappa shape index (κ3) is 4.27. The lowest BCUT2D eigenvalue weighted by molar-refractivity contribution is -0.394. The van der Waals surface area contributed by atoms with Gasteiger partial charge in [0.1, 0.15) is 0 Å². The summed E-state index contributed by atoms with van der Waals surface area (Å²) in [4.78, 5) is 57.6. The van der Waals surface area contributed by atoms with Crippen molar-refractivity contribution in [1.29, 1.82) is 0 Å². The number of hydrogen-bond acceptors (Lipinski definition) is 8. The van der Waals surface area contributed by atoms with E-state index in [1.165, 1.54) is 19.1 Å². The third-order valence-electron chi connectivity index (χ3n) is 4.41. The number of benzene rings is 2. The Balaban J connectivity index is 1.79. The van der Waals surface area contributed by atoms with Crippen molar-refractivity contribution in [2.24, 2.45) is 0 Å². The van der Waals surface area contributed by atoms with Crippen molar-refractivity contribution < 1.29 is 24.2 Å². The van der Waals surface area contributed by atoms with Gasteiger partial charge in [-0.2, -0.15) is 0 Å². The van der Waals surface area contributed by atoms with Gasteiger partial charge in [-0.05, 0) is 24.6 Å². The Hall–Kier alpha value is -3.80. The van der Waals surface area contributed by atoms with Crippen LogP contribution in [0.25, 0.3) is 0 Å². The average Bonchev–Trinajstić information content (AvgIpc) is 3.01. The van der Waals surface area contributed by atoms with Gasteiger partial charge in [-0.1, -0.05) is 23.9 Å². The van der Waals surface area contributed by atoms with Crippen LogP contribution in [0.2, 0.25) is 0 Å². The number of thioether (sulfide) groups is 1. The van der Waals surface area contributed by atoms with Gasteiger partial charge in [-0.3, -0.25) is 39.5 Å². The van der Waals surface area contributed by atoms with Crippen LogP contribution in [0.1, 0.15) is 21.5 Å². The van der Waals surface area contributed by atoms with E-state index in [0.29, 0.717) is 11.3 Å². The molecule has 1 heterocycles. The van der Waals surface area contributed by atoms with Gasteiger partial charge in [0.25, 0.3) is 22.5 Å². The van der Waals surface area contributed by atoms with Crippen molar-refractivity contribution in [3.8, 4) is 0 Å². The summed E-state index contributed by atoms with van der Waals surface area (Å²) in [5, 5.41) is 24.4. The van der Waals surface area contributed by atoms with Crippen LogP contribution in [0.15, 0.2) is 36.4 Å². The van der Waals surface area contributed by atoms with Gasteiger partial charge >= 0.3 is 0 Å². The summed E-state index contributed by atoms with van der Waals surface area (Å²) in [5.41, 5.74) is -0.271. The third-order valence-corrected chi connectivity index (χ3v) is 5.27. The normalized spacial score (nSPS) is 13.4. The summed E-state index contributed by atoms with van der Waals surface area (Å²) in [6, 6.07) is 8.08. The number of non-ortho nitro benzene ring substituents is 1. The van der Waals surface area contributed by atoms with E-state index in [1.807, 2.05) is 0 Å². The molecule has 1 N–H and O–H groups in total. The minimum absolute atomic E-state index is 0.00304. The lowest BCUT2D eigenvalue weighted by atomic mass is 10.0. The highest BCUT2D eigenvalue weighted by atomic mass is 32.2. The molecule has 0 radical (unpaired) electrons. The second kappa shape index (κ2) is 8.29. The molecule has 12 heteroatoms. The maximum absolute atomic E-state index is 12.6. The number of carbonyl (C=O) groups excluding carboxylic acids is 3. The van der Waals surface area contributed by atoms with Crippen molar-refractivity contribution in [2.75, 3.05) is 11.1 Å². The molecule has 2 aromatic rings. The first-order valence-corrected chi connectivity index (χ1v) is 9.46. The molecule has 0 atom stereocenters. The molecule has 154 valence electrons. The number of rotatable bonds is 6. The van der Waals surface area contributed by atoms with E-state index in [2.05, 4.69) is 5.32 Å². The fourth-order valence-corrected chi connectivity index (χ4v) is 3.55. The van der Waals surface area contributed by atoms with Crippen LogP contribution >= 0.6 is 11.8 Å². The summed E-state index contributed by atoms with van der Waals surface area (Å²) in [6.45, 7) is 1.44. The molecule has 0 saturated carbocycles. The topological polar surface area (TPSA) is 153 Å². The summed E-state index contributed by atoms with van der Waals surface area (Å²) in [6.07, 6.45) is 0. The predicted molar refractivity (Wildman–Crippen MR) is 107 cm³/mol. The quantitative estimate of drug-likeness (QED) is 0.541. The van der Waals surface area contributed by atoms with Gasteiger partial charge in [0, 0.05) is 17.3 Å². The van der Waals surface area contributed by atoms with E-state index in [9.17, 15) is 34.6 Å².